The third-order valence-corrected chi connectivity index (χ3v) is 8.10. The number of H-pyrrole nitrogens is 1. The summed E-state index contributed by atoms with van der Waals surface area (Å²) in [5.74, 6) is 1.33. The molecule has 212 valence electrons. The molecule has 8 heteroatoms. The summed E-state index contributed by atoms with van der Waals surface area (Å²) in [6, 6.07) is 23.6. The maximum Gasteiger partial charge on any atom is 0.246 e. The Morgan fingerprint density at radius 3 is 2.59 bits per heavy atom. The molecule has 4 aromatic rings. The van der Waals surface area contributed by atoms with E-state index in [4.69, 9.17) is 9.47 Å². The van der Waals surface area contributed by atoms with Crippen LogP contribution in [-0.4, -0.2) is 71.0 Å². The first kappa shape index (κ1) is 26.9. The van der Waals surface area contributed by atoms with E-state index in [0.717, 1.165) is 47.2 Å². The van der Waals surface area contributed by atoms with Crippen LogP contribution in [0.15, 0.2) is 72.8 Å². The highest BCUT2D eigenvalue weighted by molar-refractivity contribution is 5.96. The molecule has 0 saturated carbocycles. The van der Waals surface area contributed by atoms with Crippen LogP contribution in [0.25, 0.3) is 10.9 Å². The number of aromatic nitrogens is 1. The number of hydrogen-bond acceptors (Lipinski definition) is 5. The number of hydrogen-bond donors (Lipinski definition) is 1. The van der Waals surface area contributed by atoms with Gasteiger partial charge in [-0.3, -0.25) is 9.59 Å². The maximum atomic E-state index is 14.1. The molecular formula is C33H36N4O4. The summed E-state index contributed by atoms with van der Waals surface area (Å²) in [6.07, 6.45) is 1.25. The van der Waals surface area contributed by atoms with Crippen LogP contribution in [0.2, 0.25) is 0 Å². The number of carbonyl (C=O) groups is 2. The van der Waals surface area contributed by atoms with Crippen molar-refractivity contribution in [3.8, 4) is 11.5 Å². The fraction of sp³-hybridized carbons (Fsp3) is 0.333. The second-order valence-electron chi connectivity index (χ2n) is 11.0. The van der Waals surface area contributed by atoms with Gasteiger partial charge in [-0.2, -0.15) is 0 Å². The minimum atomic E-state index is -0.596. The molecule has 2 aliphatic rings. The number of rotatable bonds is 10. The smallest absolute Gasteiger partial charge is 0.246 e. The Morgan fingerprint density at radius 2 is 1.73 bits per heavy atom. The first-order valence-corrected chi connectivity index (χ1v) is 14.2. The molecule has 0 bridgehead atoms. The van der Waals surface area contributed by atoms with Gasteiger partial charge in [0.1, 0.15) is 6.04 Å². The standard InChI is InChI=1S/C33H36N4O4/c1-23-27(26-11-6-7-12-28(26)34-23)18-29-33(39)36(16-8-15-35(2)19-24-9-4-3-5-10-24)21-32(38)37(29)20-25-13-14-30-31(17-25)41-22-40-30/h3-7,9-14,17,29,34H,8,15-16,18-22H2,1-2H3/t29-/m1/s1. The Labute approximate surface area is 240 Å². The van der Waals surface area contributed by atoms with Gasteiger partial charge in [-0.25, -0.2) is 0 Å². The molecule has 0 spiro atoms. The van der Waals surface area contributed by atoms with E-state index in [1.165, 1.54) is 5.56 Å². The number of aromatic amines is 1. The highest BCUT2D eigenvalue weighted by atomic mass is 16.7. The largest absolute Gasteiger partial charge is 0.454 e. The quantitative estimate of drug-likeness (QED) is 0.313. The van der Waals surface area contributed by atoms with Crippen molar-refractivity contribution in [1.82, 2.24) is 19.7 Å². The molecule has 6 rings (SSSR count). The van der Waals surface area contributed by atoms with E-state index in [9.17, 15) is 9.59 Å². The molecule has 8 nitrogen and oxygen atoms in total. The van der Waals surface area contributed by atoms with Gasteiger partial charge in [0.2, 0.25) is 18.6 Å². The number of nitrogens with zero attached hydrogens (tertiary/aromatic N) is 3. The van der Waals surface area contributed by atoms with Gasteiger partial charge in [0.25, 0.3) is 0 Å². The molecule has 0 unspecified atom stereocenters. The van der Waals surface area contributed by atoms with E-state index in [-0.39, 0.29) is 25.2 Å². The van der Waals surface area contributed by atoms with Gasteiger partial charge in [0.15, 0.2) is 11.5 Å². The topological polar surface area (TPSA) is 78.1 Å². The summed E-state index contributed by atoms with van der Waals surface area (Å²) in [7, 11) is 2.09. The molecule has 1 N–H and O–H groups in total. The molecule has 1 saturated heterocycles. The van der Waals surface area contributed by atoms with Crippen molar-refractivity contribution < 1.29 is 19.1 Å². The molecule has 3 aromatic carbocycles. The third kappa shape index (κ3) is 5.79. The van der Waals surface area contributed by atoms with Gasteiger partial charge in [-0.05, 0) is 61.8 Å². The van der Waals surface area contributed by atoms with Crippen LogP contribution in [0.1, 0.15) is 28.8 Å². The van der Waals surface area contributed by atoms with Crippen molar-refractivity contribution in [2.45, 2.75) is 38.9 Å². The number of amides is 2. The lowest BCUT2D eigenvalue weighted by Gasteiger charge is -2.40. The predicted octanol–water partition coefficient (Wildman–Crippen LogP) is 4.51. The van der Waals surface area contributed by atoms with Crippen molar-refractivity contribution in [2.75, 3.05) is 33.5 Å². The van der Waals surface area contributed by atoms with Crippen LogP contribution in [0.4, 0.5) is 0 Å². The Kier molecular flexibility index (Phi) is 7.65. The number of carbonyl (C=O) groups excluding carboxylic acids is 2. The summed E-state index contributed by atoms with van der Waals surface area (Å²) in [5, 5.41) is 1.09. The van der Waals surface area contributed by atoms with Crippen LogP contribution in [-0.2, 0) is 29.1 Å². The second kappa shape index (κ2) is 11.7. The monoisotopic (exact) mass is 552 g/mol. The van der Waals surface area contributed by atoms with Gasteiger partial charge in [0.05, 0.1) is 6.54 Å². The van der Waals surface area contributed by atoms with Crippen LogP contribution in [0.5, 0.6) is 11.5 Å². The van der Waals surface area contributed by atoms with E-state index in [1.807, 2.05) is 61.5 Å². The Bertz CT molecular complexity index is 1550. The number of aryl methyl sites for hydroxylation is 1. The fourth-order valence-corrected chi connectivity index (χ4v) is 5.97. The van der Waals surface area contributed by atoms with Crippen LogP contribution >= 0.6 is 0 Å². The SMILES string of the molecule is Cc1[nH]c2ccccc2c1C[C@@H]1C(=O)N(CCCN(C)Cc2ccccc2)CC(=O)N1Cc1ccc2c(c1)OCO2. The minimum Gasteiger partial charge on any atom is -0.454 e. The lowest BCUT2D eigenvalue weighted by Crippen LogP contribution is -2.60. The zero-order valence-corrected chi connectivity index (χ0v) is 23.6. The Hall–Kier alpha value is -4.30. The van der Waals surface area contributed by atoms with Crippen LogP contribution in [0.3, 0.4) is 0 Å². The number of ether oxygens (including phenoxy) is 2. The zero-order valence-electron chi connectivity index (χ0n) is 23.6. The first-order chi connectivity index (χ1) is 20.0. The summed E-state index contributed by atoms with van der Waals surface area (Å²) in [4.78, 5) is 36.9. The fourth-order valence-electron chi connectivity index (χ4n) is 5.97. The average Bonchev–Trinajstić information content (AvgIpc) is 3.57. The highest BCUT2D eigenvalue weighted by Crippen LogP contribution is 2.34. The van der Waals surface area contributed by atoms with Crippen molar-refractivity contribution in [1.29, 1.82) is 0 Å². The van der Waals surface area contributed by atoms with Gasteiger partial charge < -0.3 is 29.2 Å². The molecule has 1 fully saturated rings. The van der Waals surface area contributed by atoms with Crippen molar-refractivity contribution in [2.24, 2.45) is 0 Å². The van der Waals surface area contributed by atoms with Crippen molar-refractivity contribution >= 4 is 22.7 Å². The van der Waals surface area contributed by atoms with Crippen LogP contribution < -0.4 is 9.47 Å². The third-order valence-electron chi connectivity index (χ3n) is 8.10. The van der Waals surface area contributed by atoms with Gasteiger partial charge in [0, 0.05) is 42.7 Å². The lowest BCUT2D eigenvalue weighted by molar-refractivity contribution is -0.156. The summed E-state index contributed by atoms with van der Waals surface area (Å²) < 4.78 is 11.0. The molecule has 41 heavy (non-hydrogen) atoms. The molecule has 0 radical (unpaired) electrons. The molecule has 1 atom stereocenters. The summed E-state index contributed by atoms with van der Waals surface area (Å²) in [6.45, 7) is 4.88. The highest BCUT2D eigenvalue weighted by Gasteiger charge is 2.40. The zero-order chi connectivity index (χ0) is 28.3. The van der Waals surface area contributed by atoms with E-state index < -0.39 is 6.04 Å². The predicted molar refractivity (Wildman–Crippen MR) is 158 cm³/mol. The van der Waals surface area contributed by atoms with Crippen molar-refractivity contribution in [3.63, 3.8) is 0 Å². The molecule has 2 aliphatic heterocycles. The number of benzene rings is 3. The number of fused-ring (bicyclic) bond motifs is 2. The van der Waals surface area contributed by atoms with Gasteiger partial charge in [-0.15, -0.1) is 0 Å². The van der Waals surface area contributed by atoms with E-state index in [0.29, 0.717) is 31.0 Å². The molecule has 0 aliphatic carbocycles. The van der Waals surface area contributed by atoms with E-state index >= 15 is 0 Å². The van der Waals surface area contributed by atoms with Crippen molar-refractivity contribution in [3.05, 3.63) is 95.2 Å². The summed E-state index contributed by atoms with van der Waals surface area (Å²) in [5.41, 5.74) is 5.30. The maximum absolute atomic E-state index is 14.1. The average molecular weight is 553 g/mol. The molecule has 2 amide bonds. The normalized spacial score (nSPS) is 16.8. The lowest BCUT2D eigenvalue weighted by atomic mass is 9.97. The number of para-hydroxylation sites is 1. The first-order valence-electron chi connectivity index (χ1n) is 14.2. The van der Waals surface area contributed by atoms with Crippen LogP contribution in [0, 0.1) is 6.92 Å². The number of piperazine rings is 1. The number of nitrogens with one attached hydrogen (secondary N) is 1. The van der Waals surface area contributed by atoms with E-state index in [1.54, 1.807) is 9.80 Å². The molecule has 1 aromatic heterocycles. The van der Waals surface area contributed by atoms with E-state index in [2.05, 4.69) is 35.1 Å². The molecular weight excluding hydrogens is 516 g/mol. The van der Waals surface area contributed by atoms with Gasteiger partial charge in [-0.1, -0.05) is 54.6 Å². The Morgan fingerprint density at radius 1 is 0.951 bits per heavy atom. The summed E-state index contributed by atoms with van der Waals surface area (Å²) >= 11 is 0. The minimum absolute atomic E-state index is 0.000682. The second-order valence-corrected chi connectivity index (χ2v) is 11.0. The Balaban J connectivity index is 1.20. The molecule has 3 heterocycles. The van der Waals surface area contributed by atoms with Gasteiger partial charge >= 0.3 is 0 Å².